The van der Waals surface area contributed by atoms with E-state index in [-0.39, 0.29) is 17.4 Å². The molecule has 0 aliphatic carbocycles. The van der Waals surface area contributed by atoms with E-state index in [1.807, 2.05) is 0 Å². The van der Waals surface area contributed by atoms with Gasteiger partial charge in [0.25, 0.3) is 0 Å². The molecule has 4 N–H and O–H groups in total. The van der Waals surface area contributed by atoms with Gasteiger partial charge < -0.3 is 10.4 Å². The summed E-state index contributed by atoms with van der Waals surface area (Å²) in [7, 11) is 0. The highest BCUT2D eigenvalue weighted by Gasteiger charge is 2.09. The van der Waals surface area contributed by atoms with Crippen molar-refractivity contribution in [3.63, 3.8) is 0 Å². The van der Waals surface area contributed by atoms with Crippen LogP contribution in [-0.2, 0) is 4.79 Å². The minimum absolute atomic E-state index is 0.121. The molecule has 0 unspecified atom stereocenters. The van der Waals surface area contributed by atoms with Crippen LogP contribution in [0.4, 0.5) is 11.1 Å². The number of halogens is 2. The molecule has 0 bridgehead atoms. The number of hydrazone groups is 1. The van der Waals surface area contributed by atoms with E-state index >= 15 is 0 Å². The maximum Gasteiger partial charge on any atom is 0.240 e. The number of nitrogens with zero attached hydrogens (tertiary/aromatic N) is 4. The van der Waals surface area contributed by atoms with Crippen molar-refractivity contribution in [2.75, 3.05) is 16.5 Å². The lowest BCUT2D eigenvalue weighted by molar-refractivity contribution is -0.113. The average molecular weight is 533 g/mol. The predicted molar refractivity (Wildman–Crippen MR) is 113 cm³/mol. The summed E-state index contributed by atoms with van der Waals surface area (Å²) in [5, 5.41) is 25.9. The third-order valence-corrected chi connectivity index (χ3v) is 5.64. The van der Waals surface area contributed by atoms with E-state index in [9.17, 15) is 9.90 Å². The number of carbonyl (C=O) groups excluding carboxylic acids is 1. The van der Waals surface area contributed by atoms with Crippen molar-refractivity contribution in [3.05, 3.63) is 38.2 Å². The Morgan fingerprint density at radius 2 is 2.19 bits per heavy atom. The first-order valence-corrected chi connectivity index (χ1v) is 10.7. The number of aromatic hydroxyl groups is 1. The maximum atomic E-state index is 11.8. The van der Waals surface area contributed by atoms with Gasteiger partial charge in [-0.3, -0.25) is 4.79 Å². The monoisotopic (exact) mass is 531 g/mol. The minimum Gasteiger partial charge on any atom is -0.506 e. The topological polar surface area (TPSA) is 128 Å². The molecule has 3 aromatic rings. The SMILES string of the molecule is O=C(CSc1n[nH]c(N/N=C/c2cc(Br)c(O)c(Br)c2)n1)Nc1nccs1. The third kappa shape index (κ3) is 5.76. The number of nitrogens with one attached hydrogen (secondary N) is 3. The van der Waals surface area contributed by atoms with Crippen molar-refractivity contribution in [1.82, 2.24) is 20.2 Å². The molecule has 0 saturated carbocycles. The van der Waals surface area contributed by atoms with Crippen LogP contribution in [-0.4, -0.2) is 43.1 Å². The van der Waals surface area contributed by atoms with Crippen LogP contribution < -0.4 is 10.7 Å². The summed E-state index contributed by atoms with van der Waals surface area (Å²) in [6.07, 6.45) is 3.18. The largest absolute Gasteiger partial charge is 0.506 e. The molecule has 2 aromatic heterocycles. The van der Waals surface area contributed by atoms with Crippen LogP contribution in [0.3, 0.4) is 0 Å². The molecule has 0 aliphatic rings. The highest BCUT2D eigenvalue weighted by Crippen LogP contribution is 2.32. The van der Waals surface area contributed by atoms with Crippen LogP contribution in [0, 0.1) is 0 Å². The van der Waals surface area contributed by atoms with E-state index in [0.717, 1.165) is 5.56 Å². The van der Waals surface area contributed by atoms with Crippen LogP contribution >= 0.6 is 55.0 Å². The van der Waals surface area contributed by atoms with Gasteiger partial charge in [0.05, 0.1) is 20.9 Å². The standard InChI is InChI=1S/C14H11Br2N7O2S2/c15-8-3-7(4-9(16)11(8)25)5-18-21-12-20-14(23-22-12)27-6-10(24)19-13-17-1-2-26-13/h1-5,25H,6H2,(H,17,19,24)(H2,20,21,22,23)/b18-5+. The van der Waals surface area contributed by atoms with Crippen LogP contribution in [0.15, 0.2) is 42.9 Å². The second-order valence-corrected chi connectivity index (χ2v) is 8.39. The van der Waals surface area contributed by atoms with Gasteiger partial charge in [0.2, 0.25) is 17.0 Å². The maximum absolute atomic E-state index is 11.8. The summed E-state index contributed by atoms with van der Waals surface area (Å²) in [6, 6.07) is 3.43. The second-order valence-electron chi connectivity index (χ2n) is 4.84. The lowest BCUT2D eigenvalue weighted by Gasteiger charge is -2.01. The summed E-state index contributed by atoms with van der Waals surface area (Å²) in [4.78, 5) is 20.0. The number of carbonyl (C=O) groups is 1. The Morgan fingerprint density at radius 3 is 2.89 bits per heavy atom. The quantitative estimate of drug-likeness (QED) is 0.207. The number of hydrogen-bond acceptors (Lipinski definition) is 9. The number of thiazole rings is 1. The first kappa shape index (κ1) is 19.8. The molecular formula is C14H11Br2N7O2S2. The lowest BCUT2D eigenvalue weighted by atomic mass is 10.2. The van der Waals surface area contributed by atoms with Crippen LogP contribution in [0.1, 0.15) is 5.56 Å². The molecule has 13 heteroatoms. The highest BCUT2D eigenvalue weighted by atomic mass is 79.9. The fraction of sp³-hybridized carbons (Fsp3) is 0.0714. The summed E-state index contributed by atoms with van der Waals surface area (Å²) in [5.41, 5.74) is 3.47. The molecular weight excluding hydrogens is 522 g/mol. The lowest BCUT2D eigenvalue weighted by Crippen LogP contribution is -2.13. The Kier molecular flexibility index (Phi) is 6.82. The zero-order valence-electron chi connectivity index (χ0n) is 13.3. The van der Waals surface area contributed by atoms with Crippen molar-refractivity contribution in [2.24, 2.45) is 5.10 Å². The molecule has 1 aromatic carbocycles. The van der Waals surface area contributed by atoms with Gasteiger partial charge in [0.15, 0.2) is 5.13 Å². The van der Waals surface area contributed by atoms with Crippen LogP contribution in [0.5, 0.6) is 5.75 Å². The van der Waals surface area contributed by atoms with Crippen molar-refractivity contribution in [1.29, 1.82) is 0 Å². The van der Waals surface area contributed by atoms with Gasteiger partial charge in [-0.2, -0.15) is 10.1 Å². The number of phenolic OH excluding ortho intramolecular Hbond substituents is 1. The Hall–Kier alpha value is -1.96. The minimum atomic E-state index is -0.184. The first-order valence-electron chi connectivity index (χ1n) is 7.23. The Bertz CT molecular complexity index is 939. The molecule has 27 heavy (non-hydrogen) atoms. The predicted octanol–water partition coefficient (Wildman–Crippen LogP) is 3.67. The van der Waals surface area contributed by atoms with Gasteiger partial charge in [-0.05, 0) is 49.6 Å². The molecule has 0 aliphatic heterocycles. The van der Waals surface area contributed by atoms with E-state index in [0.29, 0.717) is 25.2 Å². The van der Waals surface area contributed by atoms with E-state index in [4.69, 9.17) is 0 Å². The number of aromatic amines is 1. The smallest absolute Gasteiger partial charge is 0.240 e. The van der Waals surface area contributed by atoms with E-state index in [1.54, 1.807) is 29.9 Å². The number of H-pyrrole nitrogens is 1. The molecule has 140 valence electrons. The molecule has 0 fully saturated rings. The van der Waals surface area contributed by atoms with E-state index < -0.39 is 0 Å². The number of aromatic nitrogens is 4. The normalized spacial score (nSPS) is 11.0. The van der Waals surface area contributed by atoms with Crippen LogP contribution in [0.25, 0.3) is 0 Å². The zero-order valence-corrected chi connectivity index (χ0v) is 18.1. The summed E-state index contributed by atoms with van der Waals surface area (Å²) >= 11 is 9.05. The molecule has 2 heterocycles. The number of benzene rings is 1. The molecule has 9 nitrogen and oxygen atoms in total. The van der Waals surface area contributed by atoms with Crippen molar-refractivity contribution < 1.29 is 9.90 Å². The fourth-order valence-electron chi connectivity index (χ4n) is 1.76. The van der Waals surface area contributed by atoms with Gasteiger partial charge in [-0.1, -0.05) is 11.8 Å². The van der Waals surface area contributed by atoms with Gasteiger partial charge in [0.1, 0.15) is 5.75 Å². The van der Waals surface area contributed by atoms with Gasteiger partial charge in [0, 0.05) is 11.6 Å². The molecule has 0 atom stereocenters. The molecule has 0 spiro atoms. The molecule has 3 rings (SSSR count). The number of phenols is 1. The number of hydrogen-bond donors (Lipinski definition) is 4. The van der Waals surface area contributed by atoms with Gasteiger partial charge >= 0.3 is 0 Å². The zero-order chi connectivity index (χ0) is 19.2. The molecule has 0 radical (unpaired) electrons. The molecule has 0 saturated heterocycles. The molecule has 1 amide bonds. The number of anilines is 2. The second kappa shape index (κ2) is 9.30. The van der Waals surface area contributed by atoms with Gasteiger partial charge in [-0.25, -0.2) is 15.5 Å². The number of rotatable bonds is 7. The Balaban J connectivity index is 1.50. The summed E-state index contributed by atoms with van der Waals surface area (Å²) in [5.74, 6) is 0.438. The Labute approximate surface area is 178 Å². The van der Waals surface area contributed by atoms with Crippen molar-refractivity contribution in [3.8, 4) is 5.75 Å². The van der Waals surface area contributed by atoms with Crippen molar-refractivity contribution >= 4 is 78.2 Å². The van der Waals surface area contributed by atoms with E-state index in [1.165, 1.54) is 23.1 Å². The fourth-order valence-corrected chi connectivity index (χ4v) is 4.12. The highest BCUT2D eigenvalue weighted by molar-refractivity contribution is 9.11. The third-order valence-electron chi connectivity index (χ3n) is 2.90. The average Bonchev–Trinajstić information content (AvgIpc) is 3.30. The van der Waals surface area contributed by atoms with Crippen molar-refractivity contribution in [2.45, 2.75) is 5.16 Å². The Morgan fingerprint density at radius 1 is 1.41 bits per heavy atom. The number of thioether (sulfide) groups is 1. The van der Waals surface area contributed by atoms with Crippen LogP contribution in [0.2, 0.25) is 0 Å². The summed E-state index contributed by atoms with van der Waals surface area (Å²) in [6.45, 7) is 0. The first-order chi connectivity index (χ1) is 13.0. The summed E-state index contributed by atoms with van der Waals surface area (Å²) < 4.78 is 1.10. The van der Waals surface area contributed by atoms with Gasteiger partial charge in [-0.15, -0.1) is 16.4 Å². The van der Waals surface area contributed by atoms with E-state index in [2.05, 4.69) is 67.9 Å². The number of amides is 1.